The van der Waals surface area contributed by atoms with E-state index in [0.29, 0.717) is 13.0 Å². The number of carbonyl (C=O) groups is 2. The summed E-state index contributed by atoms with van der Waals surface area (Å²) in [6.45, 7) is 7.90. The van der Waals surface area contributed by atoms with Gasteiger partial charge < -0.3 is 16.0 Å². The quantitative estimate of drug-likeness (QED) is 0.677. The van der Waals surface area contributed by atoms with Gasteiger partial charge in [-0.05, 0) is 25.0 Å². The fourth-order valence-corrected chi connectivity index (χ4v) is 2.11. The van der Waals surface area contributed by atoms with Gasteiger partial charge in [-0.25, -0.2) is 0 Å². The smallest absolute Gasteiger partial charge is 0.242 e. The molecular weight excluding hydrogens is 254 g/mol. The van der Waals surface area contributed by atoms with Crippen LogP contribution in [0.3, 0.4) is 0 Å². The van der Waals surface area contributed by atoms with E-state index in [2.05, 4.69) is 18.5 Å². The first-order valence-electron chi connectivity index (χ1n) is 6.54. The second-order valence-electron chi connectivity index (χ2n) is 4.45. The highest BCUT2D eigenvalue weighted by Crippen LogP contribution is 2.16. The molecule has 5 nitrogen and oxygen atoms in total. The fraction of sp³-hybridized carbons (Fsp3) is 0.333. The first-order chi connectivity index (χ1) is 9.60. The summed E-state index contributed by atoms with van der Waals surface area (Å²) in [4.78, 5) is 24.9. The van der Waals surface area contributed by atoms with Gasteiger partial charge in [0.15, 0.2) is 0 Å². The molecule has 0 aromatic heterocycles. The van der Waals surface area contributed by atoms with Crippen LogP contribution in [-0.4, -0.2) is 35.8 Å². The molecule has 2 amide bonds. The molecule has 0 bridgehead atoms. The summed E-state index contributed by atoms with van der Waals surface area (Å²) >= 11 is 0. The molecule has 1 rings (SSSR count). The Bertz CT molecular complexity index is 452. The van der Waals surface area contributed by atoms with Crippen molar-refractivity contribution in [3.05, 3.63) is 49.2 Å². The Balaban J connectivity index is 2.59. The summed E-state index contributed by atoms with van der Waals surface area (Å²) < 4.78 is 0. The highest BCUT2D eigenvalue weighted by atomic mass is 16.2. The summed E-state index contributed by atoms with van der Waals surface area (Å²) in [7, 11) is 0. The second kappa shape index (κ2) is 7.99. The first-order valence-corrected chi connectivity index (χ1v) is 6.54. The number of hydrogen-bond acceptors (Lipinski definition) is 3. The van der Waals surface area contributed by atoms with Crippen LogP contribution in [0.1, 0.15) is 12.8 Å². The molecule has 1 fully saturated rings. The number of nitrogens with zero attached hydrogens (tertiary/aromatic N) is 1. The third kappa shape index (κ3) is 4.42. The van der Waals surface area contributed by atoms with E-state index < -0.39 is 11.9 Å². The van der Waals surface area contributed by atoms with Gasteiger partial charge in [-0.3, -0.25) is 9.59 Å². The van der Waals surface area contributed by atoms with Gasteiger partial charge in [0.25, 0.3) is 0 Å². The number of carbonyl (C=O) groups excluding carboxylic acids is 2. The van der Waals surface area contributed by atoms with Gasteiger partial charge in [0.1, 0.15) is 6.04 Å². The zero-order valence-electron chi connectivity index (χ0n) is 11.5. The van der Waals surface area contributed by atoms with E-state index in [9.17, 15) is 9.59 Å². The topological polar surface area (TPSA) is 75.4 Å². The second-order valence-corrected chi connectivity index (χ2v) is 4.45. The Kier molecular flexibility index (Phi) is 6.29. The Morgan fingerprint density at radius 3 is 2.70 bits per heavy atom. The van der Waals surface area contributed by atoms with Crippen molar-refractivity contribution in [1.29, 1.82) is 0 Å². The van der Waals surface area contributed by atoms with Crippen LogP contribution in [-0.2, 0) is 9.59 Å². The molecule has 20 heavy (non-hydrogen) atoms. The number of nitrogens with two attached hydrogens (primary N) is 1. The lowest BCUT2D eigenvalue weighted by Crippen LogP contribution is -2.46. The maximum Gasteiger partial charge on any atom is 0.242 e. The molecule has 1 aliphatic heterocycles. The minimum Gasteiger partial charge on any atom is -0.376 e. The number of rotatable bonds is 7. The SMILES string of the molecule is C=C/C=C\C(=C/C=C)NCC(=O)N1CCC[C@H]1C(N)=O. The zero-order chi connectivity index (χ0) is 15.0. The minimum absolute atomic E-state index is 0.116. The summed E-state index contributed by atoms with van der Waals surface area (Å²) in [6, 6.07) is -0.472. The third-order valence-corrected chi connectivity index (χ3v) is 3.05. The number of likely N-dealkylation sites (tertiary alicyclic amines) is 1. The summed E-state index contributed by atoms with van der Waals surface area (Å²) in [5.41, 5.74) is 6.05. The van der Waals surface area contributed by atoms with Crippen LogP contribution < -0.4 is 11.1 Å². The van der Waals surface area contributed by atoms with Crippen molar-refractivity contribution in [3.8, 4) is 0 Å². The standard InChI is InChI=1S/C15H21N3O2/c1-3-5-8-12(7-4-2)17-11-14(19)18-10-6-9-13(18)15(16)20/h3-5,7-8,13,17H,1-2,6,9-11H2,(H2,16,20)/b8-5-,12-7+/t13-/m0/s1. The average molecular weight is 275 g/mol. The number of primary amides is 1. The molecule has 1 heterocycles. The van der Waals surface area contributed by atoms with Gasteiger partial charge in [-0.2, -0.15) is 0 Å². The molecule has 5 heteroatoms. The Labute approximate surface area is 119 Å². The molecule has 0 aliphatic carbocycles. The van der Waals surface area contributed by atoms with Crippen LogP contribution >= 0.6 is 0 Å². The van der Waals surface area contributed by atoms with Crippen LogP contribution in [0.15, 0.2) is 49.2 Å². The summed E-state index contributed by atoms with van der Waals surface area (Å²) in [6.07, 6.45) is 10.0. The molecular formula is C15H21N3O2. The maximum atomic E-state index is 12.1. The lowest BCUT2D eigenvalue weighted by atomic mass is 10.2. The van der Waals surface area contributed by atoms with Gasteiger partial charge in [0.2, 0.25) is 11.8 Å². The predicted molar refractivity (Wildman–Crippen MR) is 79.5 cm³/mol. The van der Waals surface area contributed by atoms with Crippen LogP contribution in [0, 0.1) is 0 Å². The molecule has 1 aliphatic rings. The van der Waals surface area contributed by atoms with Crippen LogP contribution in [0.25, 0.3) is 0 Å². The van der Waals surface area contributed by atoms with Gasteiger partial charge in [0.05, 0.1) is 6.54 Å². The van der Waals surface area contributed by atoms with Gasteiger partial charge in [0, 0.05) is 12.2 Å². The summed E-state index contributed by atoms with van der Waals surface area (Å²) in [5.74, 6) is -0.572. The third-order valence-electron chi connectivity index (χ3n) is 3.05. The Hall–Kier alpha value is -2.30. The average Bonchev–Trinajstić information content (AvgIpc) is 2.91. The van der Waals surface area contributed by atoms with Crippen LogP contribution in [0.5, 0.6) is 0 Å². The molecule has 0 saturated carbocycles. The first kappa shape index (κ1) is 15.8. The minimum atomic E-state index is -0.472. The van der Waals surface area contributed by atoms with E-state index in [1.54, 1.807) is 30.4 Å². The molecule has 0 aromatic rings. The van der Waals surface area contributed by atoms with Crippen molar-refractivity contribution in [3.63, 3.8) is 0 Å². The molecule has 0 radical (unpaired) electrons. The van der Waals surface area contributed by atoms with E-state index >= 15 is 0 Å². The molecule has 0 unspecified atom stereocenters. The fourth-order valence-electron chi connectivity index (χ4n) is 2.11. The van der Waals surface area contributed by atoms with Gasteiger partial charge in [-0.15, -0.1) is 0 Å². The summed E-state index contributed by atoms with van der Waals surface area (Å²) in [5, 5.41) is 3.00. The van der Waals surface area contributed by atoms with Crippen molar-refractivity contribution in [1.82, 2.24) is 10.2 Å². The lowest BCUT2D eigenvalue weighted by Gasteiger charge is -2.22. The van der Waals surface area contributed by atoms with Crippen molar-refractivity contribution in [2.24, 2.45) is 5.73 Å². The monoisotopic (exact) mass is 275 g/mol. The Morgan fingerprint density at radius 1 is 1.35 bits per heavy atom. The number of nitrogens with one attached hydrogen (secondary N) is 1. The van der Waals surface area contributed by atoms with E-state index in [0.717, 1.165) is 12.1 Å². The number of amides is 2. The number of hydrogen-bond donors (Lipinski definition) is 2. The van der Waals surface area contributed by atoms with Gasteiger partial charge >= 0.3 is 0 Å². The van der Waals surface area contributed by atoms with Crippen LogP contribution in [0.2, 0.25) is 0 Å². The molecule has 1 saturated heterocycles. The Morgan fingerprint density at radius 2 is 2.10 bits per heavy atom. The largest absolute Gasteiger partial charge is 0.376 e. The van der Waals surface area contributed by atoms with E-state index in [1.165, 1.54) is 4.90 Å². The highest BCUT2D eigenvalue weighted by molar-refractivity contribution is 5.88. The van der Waals surface area contributed by atoms with Crippen molar-refractivity contribution < 1.29 is 9.59 Å². The number of allylic oxidation sites excluding steroid dienone is 5. The van der Waals surface area contributed by atoms with Crippen molar-refractivity contribution in [2.45, 2.75) is 18.9 Å². The molecule has 1 atom stereocenters. The predicted octanol–water partition coefficient (Wildman–Crippen LogP) is 0.864. The molecule has 0 spiro atoms. The van der Waals surface area contributed by atoms with Gasteiger partial charge in [-0.1, -0.05) is 31.4 Å². The lowest BCUT2D eigenvalue weighted by molar-refractivity contribution is -0.136. The maximum absolute atomic E-state index is 12.1. The molecule has 0 aromatic carbocycles. The highest BCUT2D eigenvalue weighted by Gasteiger charge is 2.32. The van der Waals surface area contributed by atoms with Crippen LogP contribution in [0.4, 0.5) is 0 Å². The van der Waals surface area contributed by atoms with Crippen molar-refractivity contribution in [2.75, 3.05) is 13.1 Å². The zero-order valence-corrected chi connectivity index (χ0v) is 11.5. The molecule has 108 valence electrons. The van der Waals surface area contributed by atoms with Crippen molar-refractivity contribution >= 4 is 11.8 Å². The normalized spacial score (nSPS) is 19.1. The van der Waals surface area contributed by atoms with E-state index in [1.807, 2.05) is 0 Å². The molecule has 3 N–H and O–H groups in total. The van der Waals surface area contributed by atoms with E-state index in [4.69, 9.17) is 5.73 Å². The van der Waals surface area contributed by atoms with E-state index in [-0.39, 0.29) is 12.5 Å².